The SMILES string of the molecule is CC(C)C1CCCCC1NCc1cnnn1C. The number of rotatable bonds is 4. The fourth-order valence-electron chi connectivity index (χ4n) is 2.92. The Labute approximate surface area is 104 Å². The van der Waals surface area contributed by atoms with E-state index in [2.05, 4.69) is 29.5 Å². The minimum Gasteiger partial charge on any atom is -0.308 e. The van der Waals surface area contributed by atoms with Crippen LogP contribution in [0.2, 0.25) is 0 Å². The molecule has 0 bridgehead atoms. The normalized spacial score (nSPS) is 25.4. The van der Waals surface area contributed by atoms with Crippen molar-refractivity contribution in [3.8, 4) is 0 Å². The zero-order chi connectivity index (χ0) is 12.3. The average molecular weight is 236 g/mol. The first-order valence-electron chi connectivity index (χ1n) is 6.75. The molecule has 1 aromatic rings. The smallest absolute Gasteiger partial charge is 0.0738 e. The van der Waals surface area contributed by atoms with E-state index >= 15 is 0 Å². The maximum Gasteiger partial charge on any atom is 0.0738 e. The van der Waals surface area contributed by atoms with Gasteiger partial charge in [0.25, 0.3) is 0 Å². The minimum absolute atomic E-state index is 0.665. The molecule has 0 aliphatic heterocycles. The first kappa shape index (κ1) is 12.6. The molecule has 2 atom stereocenters. The van der Waals surface area contributed by atoms with Crippen molar-refractivity contribution >= 4 is 0 Å². The van der Waals surface area contributed by atoms with Crippen LogP contribution in [0.3, 0.4) is 0 Å². The third-order valence-electron chi connectivity index (χ3n) is 4.03. The van der Waals surface area contributed by atoms with Crippen molar-refractivity contribution in [3.05, 3.63) is 11.9 Å². The largest absolute Gasteiger partial charge is 0.308 e. The van der Waals surface area contributed by atoms with E-state index in [1.54, 1.807) is 0 Å². The number of hydrogen-bond acceptors (Lipinski definition) is 3. The number of aryl methyl sites for hydroxylation is 1. The van der Waals surface area contributed by atoms with Gasteiger partial charge in [0.2, 0.25) is 0 Å². The molecule has 1 aromatic heterocycles. The van der Waals surface area contributed by atoms with E-state index in [4.69, 9.17) is 0 Å². The Morgan fingerprint density at radius 1 is 1.41 bits per heavy atom. The van der Waals surface area contributed by atoms with Crippen molar-refractivity contribution in [2.45, 2.75) is 52.1 Å². The van der Waals surface area contributed by atoms with Gasteiger partial charge in [-0.25, -0.2) is 0 Å². The summed E-state index contributed by atoms with van der Waals surface area (Å²) in [6.07, 6.45) is 7.30. The highest BCUT2D eigenvalue weighted by atomic mass is 15.4. The quantitative estimate of drug-likeness (QED) is 0.870. The van der Waals surface area contributed by atoms with Crippen LogP contribution in [-0.4, -0.2) is 21.0 Å². The fourth-order valence-corrected chi connectivity index (χ4v) is 2.92. The molecule has 0 radical (unpaired) electrons. The number of nitrogens with one attached hydrogen (secondary N) is 1. The van der Waals surface area contributed by atoms with Crippen LogP contribution >= 0.6 is 0 Å². The third kappa shape index (κ3) is 3.06. The van der Waals surface area contributed by atoms with Crippen molar-refractivity contribution in [1.82, 2.24) is 20.3 Å². The van der Waals surface area contributed by atoms with Crippen LogP contribution in [0.1, 0.15) is 45.2 Å². The van der Waals surface area contributed by atoms with Crippen LogP contribution < -0.4 is 5.32 Å². The van der Waals surface area contributed by atoms with E-state index in [0.29, 0.717) is 6.04 Å². The lowest BCUT2D eigenvalue weighted by atomic mass is 9.78. The highest BCUT2D eigenvalue weighted by molar-refractivity contribution is 4.94. The van der Waals surface area contributed by atoms with E-state index in [1.807, 2.05) is 17.9 Å². The first-order valence-corrected chi connectivity index (χ1v) is 6.75. The Bertz CT molecular complexity index is 345. The maximum atomic E-state index is 3.96. The predicted octanol–water partition coefficient (Wildman–Crippen LogP) is 2.12. The highest BCUT2D eigenvalue weighted by Crippen LogP contribution is 2.30. The average Bonchev–Trinajstić information content (AvgIpc) is 2.72. The highest BCUT2D eigenvalue weighted by Gasteiger charge is 2.27. The molecule has 17 heavy (non-hydrogen) atoms. The van der Waals surface area contributed by atoms with Gasteiger partial charge in [0.1, 0.15) is 0 Å². The van der Waals surface area contributed by atoms with Gasteiger partial charge in [-0.1, -0.05) is 31.9 Å². The summed E-state index contributed by atoms with van der Waals surface area (Å²) >= 11 is 0. The van der Waals surface area contributed by atoms with Gasteiger partial charge in [-0.15, -0.1) is 5.10 Å². The summed E-state index contributed by atoms with van der Waals surface area (Å²) in [5.74, 6) is 1.60. The Kier molecular flexibility index (Phi) is 4.15. The van der Waals surface area contributed by atoms with Crippen molar-refractivity contribution in [3.63, 3.8) is 0 Å². The molecule has 1 aliphatic rings. The van der Waals surface area contributed by atoms with Crippen molar-refractivity contribution < 1.29 is 0 Å². The van der Waals surface area contributed by atoms with Crippen LogP contribution in [-0.2, 0) is 13.6 Å². The van der Waals surface area contributed by atoms with Crippen LogP contribution in [0, 0.1) is 11.8 Å². The van der Waals surface area contributed by atoms with Gasteiger partial charge in [0.05, 0.1) is 11.9 Å². The fraction of sp³-hybridized carbons (Fsp3) is 0.846. The molecular formula is C13H24N4. The van der Waals surface area contributed by atoms with E-state index < -0.39 is 0 Å². The topological polar surface area (TPSA) is 42.7 Å². The summed E-state index contributed by atoms with van der Waals surface area (Å²) in [4.78, 5) is 0. The lowest BCUT2D eigenvalue weighted by molar-refractivity contribution is 0.203. The molecule has 96 valence electrons. The second-order valence-corrected chi connectivity index (χ2v) is 5.53. The number of aromatic nitrogens is 3. The monoisotopic (exact) mass is 236 g/mol. The van der Waals surface area contributed by atoms with E-state index in [-0.39, 0.29) is 0 Å². The summed E-state index contributed by atoms with van der Waals surface area (Å²) in [7, 11) is 1.95. The van der Waals surface area contributed by atoms with E-state index in [1.165, 1.54) is 25.7 Å². The van der Waals surface area contributed by atoms with Crippen molar-refractivity contribution in [2.24, 2.45) is 18.9 Å². The van der Waals surface area contributed by atoms with Crippen LogP contribution in [0.25, 0.3) is 0 Å². The minimum atomic E-state index is 0.665. The van der Waals surface area contributed by atoms with Gasteiger partial charge < -0.3 is 5.32 Å². The maximum absolute atomic E-state index is 3.96. The molecule has 2 unspecified atom stereocenters. The lowest BCUT2D eigenvalue weighted by Crippen LogP contribution is -2.40. The zero-order valence-electron chi connectivity index (χ0n) is 11.2. The molecule has 1 N–H and O–H groups in total. The van der Waals surface area contributed by atoms with E-state index in [9.17, 15) is 0 Å². The zero-order valence-corrected chi connectivity index (χ0v) is 11.2. The van der Waals surface area contributed by atoms with Gasteiger partial charge in [-0.05, 0) is 24.7 Å². The summed E-state index contributed by atoms with van der Waals surface area (Å²) in [5, 5.41) is 11.6. The molecular weight excluding hydrogens is 212 g/mol. The van der Waals surface area contributed by atoms with Crippen LogP contribution in [0.15, 0.2) is 6.20 Å². The van der Waals surface area contributed by atoms with Crippen LogP contribution in [0.4, 0.5) is 0 Å². The Morgan fingerprint density at radius 3 is 2.82 bits per heavy atom. The third-order valence-corrected chi connectivity index (χ3v) is 4.03. The van der Waals surface area contributed by atoms with Gasteiger partial charge in [-0.2, -0.15) is 0 Å². The molecule has 1 saturated carbocycles. The summed E-state index contributed by atoms with van der Waals surface area (Å²) in [5.41, 5.74) is 1.16. The van der Waals surface area contributed by atoms with Gasteiger partial charge >= 0.3 is 0 Å². The first-order chi connectivity index (χ1) is 8.18. The van der Waals surface area contributed by atoms with Crippen molar-refractivity contribution in [1.29, 1.82) is 0 Å². The van der Waals surface area contributed by atoms with Gasteiger partial charge in [-0.3, -0.25) is 4.68 Å². The Balaban J connectivity index is 1.90. The molecule has 0 spiro atoms. The summed E-state index contributed by atoms with van der Waals surface area (Å²) in [6, 6.07) is 0.665. The molecule has 4 heteroatoms. The standard InChI is InChI=1S/C13H24N4/c1-10(2)12-6-4-5-7-13(12)14-8-11-9-15-16-17(11)3/h9-10,12-14H,4-8H2,1-3H3. The molecule has 1 aliphatic carbocycles. The Hall–Kier alpha value is -0.900. The Morgan fingerprint density at radius 2 is 2.18 bits per heavy atom. The number of hydrogen-bond donors (Lipinski definition) is 1. The molecule has 2 rings (SSSR count). The molecule has 4 nitrogen and oxygen atoms in total. The molecule has 1 fully saturated rings. The summed E-state index contributed by atoms with van der Waals surface area (Å²) < 4.78 is 1.85. The predicted molar refractivity (Wildman–Crippen MR) is 68.4 cm³/mol. The molecule has 0 aromatic carbocycles. The molecule has 1 heterocycles. The number of nitrogens with zero attached hydrogens (tertiary/aromatic N) is 3. The molecule has 0 saturated heterocycles. The second-order valence-electron chi connectivity index (χ2n) is 5.53. The van der Waals surface area contributed by atoms with Crippen LogP contribution in [0.5, 0.6) is 0 Å². The lowest BCUT2D eigenvalue weighted by Gasteiger charge is -2.35. The van der Waals surface area contributed by atoms with E-state index in [0.717, 1.165) is 24.1 Å². The second kappa shape index (κ2) is 5.63. The summed E-state index contributed by atoms with van der Waals surface area (Å²) in [6.45, 7) is 5.57. The van der Waals surface area contributed by atoms with Gasteiger partial charge in [0.15, 0.2) is 0 Å². The van der Waals surface area contributed by atoms with Crippen molar-refractivity contribution in [2.75, 3.05) is 0 Å². The van der Waals surface area contributed by atoms with Gasteiger partial charge in [0, 0.05) is 19.6 Å². The molecule has 0 amide bonds.